The number of H-pyrrole nitrogens is 1. The average Bonchev–Trinajstić information content (AvgIpc) is 2.71. The topological polar surface area (TPSA) is 111 Å². The lowest BCUT2D eigenvalue weighted by Gasteiger charge is -2.22. The van der Waals surface area contributed by atoms with Crippen LogP contribution < -0.4 is 0 Å². The van der Waals surface area contributed by atoms with Gasteiger partial charge in [0, 0.05) is 11.9 Å². The maximum Gasteiger partial charge on any atom is 0.480 e. The Kier molecular flexibility index (Phi) is 6.63. The molecule has 0 unspecified atom stereocenters. The molecule has 7 nitrogen and oxygen atoms in total. The van der Waals surface area contributed by atoms with Crippen molar-refractivity contribution in [2.75, 3.05) is 0 Å². The standard InChI is InChI=1S/C6H10N2.C2F6NO4S2/c1-3-6-4-7-5(2)8-6;3-1(4,5)14(10,11)9-15(12,13)2(6,7)8/h4H,3H2,1-2H3,(H,7,8);/q;-1. The number of sulfonamides is 2. The van der Waals surface area contributed by atoms with Gasteiger partial charge in [0.2, 0.25) is 0 Å². The van der Waals surface area contributed by atoms with E-state index in [0.29, 0.717) is 0 Å². The molecule has 15 heteroatoms. The smallest absolute Gasteiger partial charge is 0.421 e. The first-order valence-electron chi connectivity index (χ1n) is 5.41. The lowest BCUT2D eigenvalue weighted by molar-refractivity contribution is -0.0444. The van der Waals surface area contributed by atoms with Gasteiger partial charge in [0.1, 0.15) is 5.82 Å². The molecule has 0 aliphatic rings. The van der Waals surface area contributed by atoms with Gasteiger partial charge in [-0.15, -0.1) is 0 Å². The minimum absolute atomic E-state index is 0.778. The van der Waals surface area contributed by atoms with Crippen LogP contribution >= 0.6 is 0 Å². The number of nitrogens with zero attached hydrogens (tertiary/aromatic N) is 2. The zero-order chi connectivity index (χ0) is 18.7. The Morgan fingerprint density at radius 3 is 1.61 bits per heavy atom. The summed E-state index contributed by atoms with van der Waals surface area (Å²) in [6.45, 7) is 4.06. The van der Waals surface area contributed by atoms with Crippen LogP contribution in [0.25, 0.3) is 4.13 Å². The third kappa shape index (κ3) is 6.34. The summed E-state index contributed by atoms with van der Waals surface area (Å²) in [6, 6.07) is 0. The van der Waals surface area contributed by atoms with E-state index in [1.54, 1.807) is 0 Å². The van der Waals surface area contributed by atoms with Crippen molar-refractivity contribution < 1.29 is 43.2 Å². The van der Waals surface area contributed by atoms with Crippen molar-refractivity contribution in [1.82, 2.24) is 9.97 Å². The van der Waals surface area contributed by atoms with E-state index in [1.165, 1.54) is 5.69 Å². The highest BCUT2D eigenvalue weighted by Gasteiger charge is 2.46. The highest BCUT2D eigenvalue weighted by atomic mass is 32.3. The molecule has 0 saturated carbocycles. The molecule has 0 amide bonds. The van der Waals surface area contributed by atoms with E-state index in [9.17, 15) is 43.2 Å². The van der Waals surface area contributed by atoms with Gasteiger partial charge in [-0.05, 0) is 13.3 Å². The predicted octanol–water partition coefficient (Wildman–Crippen LogP) is 2.34. The third-order valence-electron chi connectivity index (χ3n) is 1.92. The van der Waals surface area contributed by atoms with Gasteiger partial charge in [0.15, 0.2) is 20.0 Å². The van der Waals surface area contributed by atoms with Crippen molar-refractivity contribution in [3.63, 3.8) is 0 Å². The summed E-state index contributed by atoms with van der Waals surface area (Å²) in [4.78, 5) is 7.15. The van der Waals surface area contributed by atoms with E-state index in [4.69, 9.17) is 0 Å². The quantitative estimate of drug-likeness (QED) is 0.797. The molecule has 0 fully saturated rings. The Balaban J connectivity index is 0.000000502. The van der Waals surface area contributed by atoms with Crippen molar-refractivity contribution in [1.29, 1.82) is 0 Å². The lowest BCUT2D eigenvalue weighted by atomic mass is 10.4. The first-order valence-corrected chi connectivity index (χ1v) is 8.29. The first-order chi connectivity index (χ1) is 10.0. The van der Waals surface area contributed by atoms with Gasteiger partial charge in [0.05, 0.1) is 0 Å². The maximum absolute atomic E-state index is 11.4. The summed E-state index contributed by atoms with van der Waals surface area (Å²) in [7, 11) is -13.4. The molecule has 1 aromatic rings. The van der Waals surface area contributed by atoms with Gasteiger partial charge < -0.3 is 9.11 Å². The number of hydrogen-bond donors (Lipinski definition) is 1. The fraction of sp³-hybridized carbons (Fsp3) is 0.625. The van der Waals surface area contributed by atoms with E-state index in [1.807, 2.05) is 13.1 Å². The Hall–Kier alpha value is -1.35. The molecule has 136 valence electrons. The molecule has 0 bridgehead atoms. The molecule has 1 heterocycles. The van der Waals surface area contributed by atoms with E-state index in [-0.39, 0.29) is 0 Å². The largest absolute Gasteiger partial charge is 0.480 e. The van der Waals surface area contributed by atoms with Crippen molar-refractivity contribution in [3.8, 4) is 0 Å². The molecule has 1 aromatic heterocycles. The highest BCUT2D eigenvalue weighted by Crippen LogP contribution is 2.36. The van der Waals surface area contributed by atoms with Crippen LogP contribution in [0.4, 0.5) is 26.3 Å². The average molecular weight is 390 g/mol. The fourth-order valence-corrected chi connectivity index (χ4v) is 2.57. The van der Waals surface area contributed by atoms with Gasteiger partial charge in [-0.3, -0.25) is 0 Å². The van der Waals surface area contributed by atoms with E-state index >= 15 is 0 Å². The normalized spacial score (nSPS) is 13.4. The number of aryl methyl sites for hydroxylation is 2. The van der Waals surface area contributed by atoms with Crippen LogP contribution in [0.1, 0.15) is 18.4 Å². The number of hydrogen-bond acceptors (Lipinski definition) is 5. The minimum atomic E-state index is -6.72. The summed E-state index contributed by atoms with van der Waals surface area (Å²) >= 11 is 0. The van der Waals surface area contributed by atoms with Crippen molar-refractivity contribution in [2.24, 2.45) is 0 Å². The minimum Gasteiger partial charge on any atom is -0.421 e. The molecular formula is C8H10F6N3O4S2-. The second-order valence-corrected chi connectivity index (χ2v) is 7.19. The summed E-state index contributed by atoms with van der Waals surface area (Å²) < 4.78 is 109. The molecule has 0 aliphatic heterocycles. The Morgan fingerprint density at radius 1 is 1.04 bits per heavy atom. The molecule has 1 N–H and O–H groups in total. The number of alkyl halides is 6. The molecule has 1 rings (SSSR count). The molecule has 0 atom stereocenters. The lowest BCUT2D eigenvalue weighted by Crippen LogP contribution is -2.30. The molecule has 0 radical (unpaired) electrons. The third-order valence-corrected chi connectivity index (χ3v) is 4.66. The summed E-state index contributed by atoms with van der Waals surface area (Å²) in [5.74, 6) is 1.00. The van der Waals surface area contributed by atoms with E-state index < -0.39 is 31.1 Å². The van der Waals surface area contributed by atoms with Crippen LogP contribution in [0.2, 0.25) is 0 Å². The van der Waals surface area contributed by atoms with Crippen LogP contribution in [0.5, 0.6) is 0 Å². The van der Waals surface area contributed by atoms with Crippen LogP contribution in [0, 0.1) is 6.92 Å². The summed E-state index contributed by atoms with van der Waals surface area (Å²) in [5.41, 5.74) is -11.2. The van der Waals surface area contributed by atoms with E-state index in [0.717, 1.165) is 16.4 Å². The van der Waals surface area contributed by atoms with Gasteiger partial charge in [-0.1, -0.05) is 6.92 Å². The van der Waals surface area contributed by atoms with Gasteiger partial charge in [-0.25, -0.2) is 21.8 Å². The SMILES string of the molecule is CCc1cnc(C)[nH]1.O=S(=O)([N-]S(=O)(=O)C(F)(F)F)C(F)(F)F. The monoisotopic (exact) mass is 390 g/mol. The number of aromatic amines is 1. The second kappa shape index (κ2) is 7.04. The number of aromatic nitrogens is 2. The predicted molar refractivity (Wildman–Crippen MR) is 66.0 cm³/mol. The van der Waals surface area contributed by atoms with Crippen molar-refractivity contribution in [2.45, 2.75) is 31.3 Å². The van der Waals surface area contributed by atoms with Crippen LogP contribution in [-0.2, 0) is 26.5 Å². The molecule has 23 heavy (non-hydrogen) atoms. The molecule has 0 aromatic carbocycles. The highest BCUT2D eigenvalue weighted by molar-refractivity contribution is 8.13. The Bertz CT molecular complexity index is 678. The van der Waals surface area contributed by atoms with Crippen LogP contribution in [0.3, 0.4) is 0 Å². The second-order valence-electron chi connectivity index (χ2n) is 3.76. The summed E-state index contributed by atoms with van der Waals surface area (Å²) in [5, 5.41) is 0. The molecule has 0 spiro atoms. The number of nitrogens with one attached hydrogen (secondary N) is 1. The summed E-state index contributed by atoms with van der Waals surface area (Å²) in [6.07, 6.45) is 2.91. The number of imidazole rings is 1. The zero-order valence-corrected chi connectivity index (χ0v) is 13.0. The maximum atomic E-state index is 11.4. The Morgan fingerprint density at radius 2 is 1.43 bits per heavy atom. The molecular weight excluding hydrogens is 380 g/mol. The first kappa shape index (κ1) is 21.6. The zero-order valence-electron chi connectivity index (χ0n) is 11.4. The fourth-order valence-electron chi connectivity index (χ4n) is 0.865. The molecule has 0 saturated heterocycles. The molecule has 0 aliphatic carbocycles. The van der Waals surface area contributed by atoms with Gasteiger partial charge in [-0.2, -0.15) is 26.3 Å². The Labute approximate surface area is 127 Å². The van der Waals surface area contributed by atoms with Crippen molar-refractivity contribution in [3.05, 3.63) is 21.8 Å². The van der Waals surface area contributed by atoms with Crippen LogP contribution in [0.15, 0.2) is 6.20 Å². The van der Waals surface area contributed by atoms with Gasteiger partial charge >= 0.3 is 11.0 Å². The van der Waals surface area contributed by atoms with E-state index in [2.05, 4.69) is 16.9 Å². The number of rotatable bonds is 3. The van der Waals surface area contributed by atoms with Gasteiger partial charge in [0.25, 0.3) is 0 Å². The van der Waals surface area contributed by atoms with Crippen molar-refractivity contribution >= 4 is 20.0 Å². The number of halogens is 6. The van der Waals surface area contributed by atoms with Crippen LogP contribution in [-0.4, -0.2) is 37.8 Å².